The lowest BCUT2D eigenvalue weighted by molar-refractivity contribution is -0.130. The molecule has 1 aromatic heterocycles. The van der Waals surface area contributed by atoms with E-state index in [1.807, 2.05) is 69.9 Å². The van der Waals surface area contributed by atoms with Crippen molar-refractivity contribution in [2.24, 2.45) is 0 Å². The molecule has 0 spiro atoms. The molecule has 0 aliphatic rings. The van der Waals surface area contributed by atoms with Gasteiger partial charge in [0.1, 0.15) is 0 Å². The van der Waals surface area contributed by atoms with Crippen molar-refractivity contribution in [2.75, 3.05) is 12.4 Å². The summed E-state index contributed by atoms with van der Waals surface area (Å²) in [6.45, 7) is 11.2. The summed E-state index contributed by atoms with van der Waals surface area (Å²) < 4.78 is 1.49. The van der Waals surface area contributed by atoms with E-state index >= 15 is 0 Å². The molecule has 2 N–H and O–H groups in total. The third kappa shape index (κ3) is 4.75. The minimum absolute atomic E-state index is 0.0664. The van der Waals surface area contributed by atoms with Gasteiger partial charge in [0.05, 0.1) is 5.25 Å². The number of thioether (sulfide) groups is 1. The molecule has 1 aromatic carbocycles. The maximum Gasteiger partial charge on any atom is 0.236 e. The van der Waals surface area contributed by atoms with E-state index in [0.29, 0.717) is 24.1 Å². The summed E-state index contributed by atoms with van der Waals surface area (Å²) in [5.41, 5.74) is 0.920. The van der Waals surface area contributed by atoms with Crippen molar-refractivity contribution in [1.29, 1.82) is 0 Å². The first-order valence-electron chi connectivity index (χ1n) is 8.44. The van der Waals surface area contributed by atoms with Crippen LogP contribution in [0.3, 0.4) is 0 Å². The van der Waals surface area contributed by atoms with Gasteiger partial charge in [0.15, 0.2) is 5.82 Å². The Balaban J connectivity index is 2.07. The Bertz CT molecular complexity index is 708. The van der Waals surface area contributed by atoms with Crippen LogP contribution in [0, 0.1) is 0 Å². The maximum atomic E-state index is 12.8. The van der Waals surface area contributed by atoms with Crippen LogP contribution in [0.2, 0.25) is 0 Å². The van der Waals surface area contributed by atoms with Crippen LogP contribution in [-0.2, 0) is 16.8 Å². The highest BCUT2D eigenvalue weighted by molar-refractivity contribution is 8.00. The molecule has 7 heteroatoms. The van der Waals surface area contributed by atoms with Crippen LogP contribution >= 0.6 is 11.8 Å². The number of aromatic nitrogens is 3. The average molecular weight is 362 g/mol. The van der Waals surface area contributed by atoms with Gasteiger partial charge in [-0.3, -0.25) is 4.79 Å². The predicted molar refractivity (Wildman–Crippen MR) is 102 cm³/mol. The van der Waals surface area contributed by atoms with Gasteiger partial charge in [0, 0.05) is 18.5 Å². The highest BCUT2D eigenvalue weighted by Gasteiger charge is 2.26. The Morgan fingerprint density at radius 1 is 1.28 bits per heavy atom. The molecular formula is C18H27N5OS. The number of nitrogen functional groups attached to an aromatic ring is 1. The summed E-state index contributed by atoms with van der Waals surface area (Å²) in [4.78, 5) is 14.6. The minimum atomic E-state index is -0.289. The van der Waals surface area contributed by atoms with E-state index in [9.17, 15) is 4.79 Å². The molecule has 0 fully saturated rings. The Morgan fingerprint density at radius 2 is 1.92 bits per heavy atom. The molecule has 6 nitrogen and oxygen atoms in total. The Labute approximate surface area is 153 Å². The zero-order chi connectivity index (χ0) is 18.6. The first-order chi connectivity index (χ1) is 11.7. The van der Waals surface area contributed by atoms with Crippen LogP contribution in [0.25, 0.3) is 0 Å². The van der Waals surface area contributed by atoms with E-state index < -0.39 is 0 Å². The fraction of sp³-hybridized carbons (Fsp3) is 0.500. The summed E-state index contributed by atoms with van der Waals surface area (Å²) in [7, 11) is 0. The SMILES string of the molecule is CCN(Cc1ccccc1)C(=O)C(C)Sc1nnc(C(C)(C)C)n1N. The highest BCUT2D eigenvalue weighted by Crippen LogP contribution is 2.26. The molecule has 136 valence electrons. The van der Waals surface area contributed by atoms with Crippen LogP contribution in [0.4, 0.5) is 0 Å². The van der Waals surface area contributed by atoms with Gasteiger partial charge in [0.25, 0.3) is 0 Å². The van der Waals surface area contributed by atoms with Crippen molar-refractivity contribution in [3.63, 3.8) is 0 Å². The molecule has 0 aliphatic carbocycles. The number of nitrogens with two attached hydrogens (primary N) is 1. The Morgan fingerprint density at radius 3 is 2.44 bits per heavy atom. The average Bonchev–Trinajstić information content (AvgIpc) is 2.93. The van der Waals surface area contributed by atoms with Crippen molar-refractivity contribution in [3.8, 4) is 0 Å². The van der Waals surface area contributed by atoms with Gasteiger partial charge in [-0.25, -0.2) is 4.68 Å². The molecule has 1 heterocycles. The number of carbonyl (C=O) groups is 1. The normalized spacial score (nSPS) is 12.8. The number of benzene rings is 1. The van der Waals surface area contributed by atoms with Crippen LogP contribution < -0.4 is 5.84 Å². The number of nitrogens with zero attached hydrogens (tertiary/aromatic N) is 4. The van der Waals surface area contributed by atoms with Crippen LogP contribution in [0.15, 0.2) is 35.5 Å². The van der Waals surface area contributed by atoms with Crippen LogP contribution in [-0.4, -0.2) is 37.5 Å². The predicted octanol–water partition coefficient (Wildman–Crippen LogP) is 2.82. The van der Waals surface area contributed by atoms with Gasteiger partial charge in [-0.2, -0.15) is 0 Å². The summed E-state index contributed by atoms with van der Waals surface area (Å²) in [5.74, 6) is 6.88. The second-order valence-electron chi connectivity index (χ2n) is 7.02. The van der Waals surface area contributed by atoms with E-state index in [2.05, 4.69) is 10.2 Å². The van der Waals surface area contributed by atoms with E-state index in [1.165, 1.54) is 16.4 Å². The highest BCUT2D eigenvalue weighted by atomic mass is 32.2. The second-order valence-corrected chi connectivity index (χ2v) is 8.33. The van der Waals surface area contributed by atoms with Crippen LogP contribution in [0.5, 0.6) is 0 Å². The van der Waals surface area contributed by atoms with Crippen LogP contribution in [0.1, 0.15) is 46.0 Å². The van der Waals surface area contributed by atoms with Gasteiger partial charge >= 0.3 is 0 Å². The van der Waals surface area contributed by atoms with Gasteiger partial charge in [-0.15, -0.1) is 10.2 Å². The molecule has 0 aliphatic heterocycles. The molecule has 0 saturated carbocycles. The summed E-state index contributed by atoms with van der Waals surface area (Å²) >= 11 is 1.34. The summed E-state index contributed by atoms with van der Waals surface area (Å²) in [6.07, 6.45) is 0. The molecule has 1 unspecified atom stereocenters. The Kier molecular flexibility index (Phi) is 6.11. The standard InChI is InChI=1S/C18H27N5OS/c1-6-22(12-14-10-8-7-9-11-14)15(24)13(2)25-17-21-20-16(23(17)19)18(3,4)5/h7-11,13H,6,12,19H2,1-5H3. The molecule has 0 radical (unpaired) electrons. The smallest absolute Gasteiger partial charge is 0.236 e. The molecule has 1 atom stereocenters. The topological polar surface area (TPSA) is 77.0 Å². The molecular weight excluding hydrogens is 334 g/mol. The van der Waals surface area contributed by atoms with Crippen molar-refractivity contribution >= 4 is 17.7 Å². The lowest BCUT2D eigenvalue weighted by atomic mass is 9.96. The summed E-state index contributed by atoms with van der Waals surface area (Å²) in [5, 5.41) is 8.60. The number of hydrogen-bond donors (Lipinski definition) is 1. The Hall–Kier alpha value is -2.02. The zero-order valence-electron chi connectivity index (χ0n) is 15.6. The monoisotopic (exact) mass is 361 g/mol. The maximum absolute atomic E-state index is 12.8. The van der Waals surface area contributed by atoms with Gasteiger partial charge in [-0.1, -0.05) is 62.9 Å². The largest absolute Gasteiger partial charge is 0.338 e. The molecule has 0 saturated heterocycles. The molecule has 0 bridgehead atoms. The van der Waals surface area contributed by atoms with Crippen molar-refractivity contribution < 1.29 is 4.79 Å². The third-order valence-corrected chi connectivity index (χ3v) is 4.92. The molecule has 25 heavy (non-hydrogen) atoms. The second kappa shape index (κ2) is 7.91. The molecule has 2 rings (SSSR count). The van der Waals surface area contributed by atoms with E-state index in [0.717, 1.165) is 5.56 Å². The van der Waals surface area contributed by atoms with Gasteiger partial charge < -0.3 is 10.7 Å². The number of hydrogen-bond acceptors (Lipinski definition) is 5. The fourth-order valence-corrected chi connectivity index (χ4v) is 3.34. The quantitative estimate of drug-likeness (QED) is 0.632. The number of carbonyl (C=O) groups excluding carboxylic acids is 1. The fourth-order valence-electron chi connectivity index (χ4n) is 2.48. The molecule has 1 amide bonds. The summed E-state index contributed by atoms with van der Waals surface area (Å²) in [6, 6.07) is 9.99. The van der Waals surface area contributed by atoms with E-state index in [-0.39, 0.29) is 16.6 Å². The van der Waals surface area contributed by atoms with E-state index in [4.69, 9.17) is 5.84 Å². The lowest BCUT2D eigenvalue weighted by Crippen LogP contribution is -2.36. The van der Waals surface area contributed by atoms with Gasteiger partial charge in [-0.05, 0) is 19.4 Å². The van der Waals surface area contributed by atoms with E-state index in [1.54, 1.807) is 0 Å². The lowest BCUT2D eigenvalue weighted by Gasteiger charge is -2.24. The van der Waals surface area contributed by atoms with Crippen molar-refractivity contribution in [1.82, 2.24) is 19.8 Å². The van der Waals surface area contributed by atoms with Gasteiger partial charge in [0.2, 0.25) is 11.1 Å². The number of rotatable bonds is 6. The van der Waals surface area contributed by atoms with Crippen molar-refractivity contribution in [2.45, 2.75) is 57.0 Å². The zero-order valence-corrected chi connectivity index (χ0v) is 16.4. The molecule has 2 aromatic rings. The van der Waals surface area contributed by atoms with Crippen molar-refractivity contribution in [3.05, 3.63) is 41.7 Å². The number of amides is 1. The third-order valence-electron chi connectivity index (χ3n) is 3.87. The first kappa shape index (κ1) is 19.3. The first-order valence-corrected chi connectivity index (χ1v) is 9.32. The minimum Gasteiger partial charge on any atom is -0.338 e.